The van der Waals surface area contributed by atoms with E-state index in [0.717, 1.165) is 19.5 Å². The van der Waals surface area contributed by atoms with Gasteiger partial charge in [0.05, 0.1) is 0 Å². The van der Waals surface area contributed by atoms with Crippen LogP contribution in [0.5, 0.6) is 0 Å². The van der Waals surface area contributed by atoms with E-state index in [0.29, 0.717) is 0 Å². The first-order chi connectivity index (χ1) is 8.70. The van der Waals surface area contributed by atoms with E-state index in [4.69, 9.17) is 5.73 Å². The highest BCUT2D eigenvalue weighted by Gasteiger charge is 2.14. The molecule has 1 atom stereocenters. The Kier molecular flexibility index (Phi) is 5.57. The number of nitrogens with two attached hydrogens (primary N) is 1. The van der Waals surface area contributed by atoms with Gasteiger partial charge in [-0.15, -0.1) is 0 Å². The Morgan fingerprint density at radius 1 is 1.26 bits per heavy atom. The van der Waals surface area contributed by atoms with Crippen molar-refractivity contribution in [1.29, 1.82) is 0 Å². The number of rotatable bonds is 5. The summed E-state index contributed by atoms with van der Waals surface area (Å²) in [7, 11) is 2.15. The van der Waals surface area contributed by atoms with Crippen LogP contribution in [0.2, 0.25) is 0 Å². The molecule has 0 spiro atoms. The Balaban J connectivity index is 2.72. The zero-order valence-electron chi connectivity index (χ0n) is 13.5. The van der Waals surface area contributed by atoms with Gasteiger partial charge in [0.1, 0.15) is 0 Å². The second-order valence-corrected chi connectivity index (χ2v) is 6.88. The summed E-state index contributed by atoms with van der Waals surface area (Å²) >= 11 is 0. The van der Waals surface area contributed by atoms with Gasteiger partial charge in [-0.2, -0.15) is 0 Å². The minimum absolute atomic E-state index is 0.222. The lowest BCUT2D eigenvalue weighted by Crippen LogP contribution is -2.34. The molecule has 0 aromatic heterocycles. The van der Waals surface area contributed by atoms with Gasteiger partial charge in [0.15, 0.2) is 0 Å². The van der Waals surface area contributed by atoms with Gasteiger partial charge in [0.25, 0.3) is 0 Å². The largest absolute Gasteiger partial charge is 0.327 e. The highest BCUT2D eigenvalue weighted by atomic mass is 15.1. The van der Waals surface area contributed by atoms with Crippen LogP contribution in [-0.4, -0.2) is 31.1 Å². The molecule has 0 heterocycles. The van der Waals surface area contributed by atoms with Crippen molar-refractivity contribution >= 4 is 0 Å². The first kappa shape index (κ1) is 16.2. The van der Waals surface area contributed by atoms with Gasteiger partial charge in [-0.05, 0) is 49.4 Å². The molecule has 2 heteroatoms. The number of nitrogens with zero attached hydrogens (tertiary/aromatic N) is 1. The van der Waals surface area contributed by atoms with E-state index in [1.807, 2.05) is 0 Å². The van der Waals surface area contributed by atoms with E-state index in [-0.39, 0.29) is 11.5 Å². The van der Waals surface area contributed by atoms with Crippen molar-refractivity contribution in [2.24, 2.45) is 5.73 Å². The second-order valence-electron chi connectivity index (χ2n) is 6.88. The summed E-state index contributed by atoms with van der Waals surface area (Å²) in [5.74, 6) is 0. The average Bonchev–Trinajstić information content (AvgIpc) is 2.25. The second kappa shape index (κ2) is 6.53. The number of aryl methyl sites for hydroxylation is 1. The molecule has 0 saturated heterocycles. The van der Waals surface area contributed by atoms with Crippen LogP contribution in [-0.2, 0) is 11.8 Å². The summed E-state index contributed by atoms with van der Waals surface area (Å²) in [6.07, 6.45) is 1.10. The Hall–Kier alpha value is -0.860. The summed E-state index contributed by atoms with van der Waals surface area (Å²) in [4.78, 5) is 2.31. The summed E-state index contributed by atoms with van der Waals surface area (Å²) in [6.45, 7) is 13.1. The molecule has 19 heavy (non-hydrogen) atoms. The molecule has 1 aromatic carbocycles. The number of likely N-dealkylation sites (N-methyl/N-ethyl adjacent to an activating group) is 1. The van der Waals surface area contributed by atoms with Gasteiger partial charge >= 0.3 is 0 Å². The van der Waals surface area contributed by atoms with Crippen molar-refractivity contribution in [2.75, 3.05) is 20.1 Å². The molecular weight excluding hydrogens is 232 g/mol. The fraction of sp³-hybridized carbons (Fsp3) is 0.647. The Morgan fingerprint density at radius 2 is 1.89 bits per heavy atom. The van der Waals surface area contributed by atoms with Crippen LogP contribution in [0.25, 0.3) is 0 Å². The molecule has 1 unspecified atom stereocenters. The summed E-state index contributed by atoms with van der Waals surface area (Å²) in [5, 5.41) is 0. The third kappa shape index (κ3) is 5.33. The van der Waals surface area contributed by atoms with E-state index in [2.05, 4.69) is 64.8 Å². The molecule has 0 saturated carbocycles. The van der Waals surface area contributed by atoms with Gasteiger partial charge in [-0.1, -0.05) is 39.0 Å². The molecule has 108 valence electrons. The Labute approximate surface area is 119 Å². The lowest BCUT2D eigenvalue weighted by atomic mass is 9.85. The Bertz CT molecular complexity index is 402. The molecule has 1 rings (SSSR count). The molecule has 0 aliphatic heterocycles. The van der Waals surface area contributed by atoms with Crippen molar-refractivity contribution < 1.29 is 0 Å². The average molecular weight is 262 g/mol. The van der Waals surface area contributed by atoms with Crippen molar-refractivity contribution in [2.45, 2.75) is 52.5 Å². The van der Waals surface area contributed by atoms with Crippen LogP contribution in [0.15, 0.2) is 18.2 Å². The van der Waals surface area contributed by atoms with E-state index >= 15 is 0 Å². The van der Waals surface area contributed by atoms with Crippen LogP contribution in [0, 0.1) is 6.92 Å². The molecule has 0 aliphatic rings. The molecule has 0 bridgehead atoms. The van der Waals surface area contributed by atoms with E-state index < -0.39 is 0 Å². The topological polar surface area (TPSA) is 29.3 Å². The molecule has 2 nitrogen and oxygen atoms in total. The maximum atomic E-state index is 5.83. The van der Waals surface area contributed by atoms with Crippen LogP contribution in [0.3, 0.4) is 0 Å². The smallest absolute Gasteiger partial charge is 0.0139 e. The predicted molar refractivity (Wildman–Crippen MR) is 84.7 cm³/mol. The summed E-state index contributed by atoms with van der Waals surface area (Å²) < 4.78 is 0. The molecule has 0 amide bonds. The summed E-state index contributed by atoms with van der Waals surface area (Å²) in [6, 6.07) is 7.12. The third-order valence-electron chi connectivity index (χ3n) is 3.58. The van der Waals surface area contributed by atoms with Gasteiger partial charge in [-0.25, -0.2) is 0 Å². The van der Waals surface area contributed by atoms with Gasteiger partial charge in [-0.3, -0.25) is 0 Å². The maximum Gasteiger partial charge on any atom is 0.0139 e. The zero-order chi connectivity index (χ0) is 14.6. The quantitative estimate of drug-likeness (QED) is 0.883. The first-order valence-electron chi connectivity index (χ1n) is 7.24. The van der Waals surface area contributed by atoms with E-state index in [1.54, 1.807) is 0 Å². The highest BCUT2D eigenvalue weighted by Crippen LogP contribution is 2.24. The summed E-state index contributed by atoms with van der Waals surface area (Å²) in [5.41, 5.74) is 10.3. The third-order valence-corrected chi connectivity index (χ3v) is 3.58. The SMILES string of the molecule is Cc1ccc(C(C)(C)C)cc1CCN(C)CC(C)N. The number of hydrogen-bond acceptors (Lipinski definition) is 2. The van der Waals surface area contributed by atoms with Crippen molar-refractivity contribution in [3.8, 4) is 0 Å². The molecular formula is C17H30N2. The molecule has 2 N–H and O–H groups in total. The number of hydrogen-bond donors (Lipinski definition) is 1. The fourth-order valence-electron chi connectivity index (χ4n) is 2.30. The van der Waals surface area contributed by atoms with Crippen molar-refractivity contribution in [1.82, 2.24) is 4.90 Å². The van der Waals surface area contributed by atoms with Gasteiger partial charge in [0.2, 0.25) is 0 Å². The lowest BCUT2D eigenvalue weighted by Gasteiger charge is -2.22. The molecule has 0 radical (unpaired) electrons. The van der Waals surface area contributed by atoms with Gasteiger partial charge in [0, 0.05) is 19.1 Å². The van der Waals surface area contributed by atoms with Crippen LogP contribution in [0.1, 0.15) is 44.4 Å². The van der Waals surface area contributed by atoms with Crippen molar-refractivity contribution in [3.63, 3.8) is 0 Å². The zero-order valence-corrected chi connectivity index (χ0v) is 13.5. The van der Waals surface area contributed by atoms with Crippen LogP contribution < -0.4 is 5.73 Å². The Morgan fingerprint density at radius 3 is 2.42 bits per heavy atom. The minimum atomic E-state index is 0.222. The fourth-order valence-corrected chi connectivity index (χ4v) is 2.30. The van der Waals surface area contributed by atoms with Crippen LogP contribution >= 0.6 is 0 Å². The maximum absolute atomic E-state index is 5.83. The standard InChI is InChI=1S/C17H30N2/c1-13-7-8-16(17(3,4)5)11-15(13)9-10-19(6)12-14(2)18/h7-8,11,14H,9-10,12,18H2,1-6H3. The first-order valence-corrected chi connectivity index (χ1v) is 7.24. The van der Waals surface area contributed by atoms with E-state index in [1.165, 1.54) is 16.7 Å². The van der Waals surface area contributed by atoms with Crippen LogP contribution in [0.4, 0.5) is 0 Å². The minimum Gasteiger partial charge on any atom is -0.327 e. The predicted octanol–water partition coefficient (Wildman–Crippen LogP) is 3.11. The normalized spacial score (nSPS) is 13.9. The highest BCUT2D eigenvalue weighted by molar-refractivity contribution is 5.34. The number of benzene rings is 1. The van der Waals surface area contributed by atoms with Gasteiger partial charge < -0.3 is 10.6 Å². The lowest BCUT2D eigenvalue weighted by molar-refractivity contribution is 0.321. The van der Waals surface area contributed by atoms with Crippen molar-refractivity contribution in [3.05, 3.63) is 34.9 Å². The van der Waals surface area contributed by atoms with E-state index in [9.17, 15) is 0 Å². The monoisotopic (exact) mass is 262 g/mol. The molecule has 0 aliphatic carbocycles. The molecule has 0 fully saturated rings. The molecule has 1 aromatic rings.